The number of fused-ring (bicyclic) bond motifs is 1. The molecule has 6 rings (SSSR count). The fraction of sp³-hybridized carbons (Fsp3) is 0.424. The molecule has 3 atom stereocenters. The largest absolute Gasteiger partial charge is 0.363 e. The lowest BCUT2D eigenvalue weighted by Crippen LogP contribution is -2.37. The summed E-state index contributed by atoms with van der Waals surface area (Å²) >= 11 is 8.08. The first-order chi connectivity index (χ1) is 21.3. The highest BCUT2D eigenvalue weighted by Gasteiger charge is 2.23. The normalized spacial score (nSPS) is 19.2. The summed E-state index contributed by atoms with van der Waals surface area (Å²) < 4.78 is 16.7. The predicted octanol–water partition coefficient (Wildman–Crippen LogP) is 6.11. The van der Waals surface area contributed by atoms with E-state index in [4.69, 9.17) is 17.3 Å². The van der Waals surface area contributed by atoms with Gasteiger partial charge in [-0.3, -0.25) is 9.56 Å². The molecule has 2 aliphatic rings. The third-order valence-corrected chi connectivity index (χ3v) is 9.68. The van der Waals surface area contributed by atoms with Crippen LogP contribution in [0.25, 0.3) is 28.0 Å². The van der Waals surface area contributed by atoms with Crippen LogP contribution in [0.3, 0.4) is 0 Å². The monoisotopic (exact) mass is 635 g/mol. The van der Waals surface area contributed by atoms with E-state index in [0.29, 0.717) is 28.3 Å². The number of amidine groups is 1. The van der Waals surface area contributed by atoms with Crippen LogP contribution in [0.15, 0.2) is 58.4 Å². The van der Waals surface area contributed by atoms with Gasteiger partial charge in [0.25, 0.3) is 0 Å². The molecule has 2 aromatic heterocycles. The van der Waals surface area contributed by atoms with Crippen molar-refractivity contribution >= 4 is 39.6 Å². The summed E-state index contributed by atoms with van der Waals surface area (Å²) in [6.07, 6.45) is 8.82. The van der Waals surface area contributed by atoms with Gasteiger partial charge in [0.2, 0.25) is 0 Å². The van der Waals surface area contributed by atoms with Gasteiger partial charge in [0, 0.05) is 47.6 Å². The number of thioether (sulfide) groups is 1. The van der Waals surface area contributed by atoms with Crippen molar-refractivity contribution in [3.63, 3.8) is 0 Å². The number of nitrogens with two attached hydrogens (primary N) is 1. The first kappa shape index (κ1) is 30.8. The van der Waals surface area contributed by atoms with Crippen molar-refractivity contribution in [3.8, 4) is 16.9 Å². The van der Waals surface area contributed by atoms with E-state index in [2.05, 4.69) is 37.7 Å². The fourth-order valence-electron chi connectivity index (χ4n) is 6.09. The van der Waals surface area contributed by atoms with Gasteiger partial charge in [-0.15, -0.1) is 0 Å². The third-order valence-electron chi connectivity index (χ3n) is 8.42. The van der Waals surface area contributed by atoms with E-state index in [1.54, 1.807) is 12.3 Å². The second-order valence-corrected chi connectivity index (χ2v) is 13.4. The summed E-state index contributed by atoms with van der Waals surface area (Å²) in [5.74, 6) is 0.547. The average Bonchev–Trinajstić information content (AvgIpc) is 3.68. The zero-order chi connectivity index (χ0) is 30.6. The zero-order valence-electron chi connectivity index (χ0n) is 24.9. The minimum Gasteiger partial charge on any atom is -0.363 e. The molecule has 0 aliphatic carbocycles. The van der Waals surface area contributed by atoms with Crippen LogP contribution in [0.2, 0.25) is 5.02 Å². The number of benzene rings is 2. The Morgan fingerprint density at radius 1 is 1.20 bits per heavy atom. The first-order valence-electron chi connectivity index (χ1n) is 15.5. The summed E-state index contributed by atoms with van der Waals surface area (Å²) in [6.45, 7) is 3.80. The van der Waals surface area contributed by atoms with Crippen LogP contribution >= 0.6 is 23.4 Å². The lowest BCUT2D eigenvalue weighted by atomic mass is 9.92. The standard InChI is InChI=1S/C33H39ClFN7OS/c1-20(36)4-2-5-21-16-26(30(35)27(34)17-21)29-18-23-19-42(33(43)41-31(23)40-29)25-10-8-22(9-11-25)28-7-3-6-24(39-28)12-15-44-32-37-13-14-38-32/h8-11,16-20,24,28,39H,2-7,12-15,36H2,1H3,(H,37,38)(H,40,41,43)/t20-,24?,28-/m0/s1. The Balaban J connectivity index is 1.16. The smallest absolute Gasteiger partial charge is 0.354 e. The molecular weight excluding hydrogens is 597 g/mol. The SMILES string of the molecule is C[C@H](N)CCCc1cc(Cl)c(F)c(-c2cc3cn(-c4ccc([C@@H]5CCCC(CCSC6=NCCN6)N5)cc4)c(=O)nc3[nH]2)c1. The highest BCUT2D eigenvalue weighted by atomic mass is 35.5. The summed E-state index contributed by atoms with van der Waals surface area (Å²) in [7, 11) is 0. The molecule has 1 saturated heterocycles. The van der Waals surface area contributed by atoms with Gasteiger partial charge in [0.05, 0.1) is 22.9 Å². The minimum atomic E-state index is -0.502. The van der Waals surface area contributed by atoms with Gasteiger partial charge in [0.1, 0.15) is 5.65 Å². The van der Waals surface area contributed by atoms with Crippen molar-refractivity contribution in [2.24, 2.45) is 10.7 Å². The maximum absolute atomic E-state index is 15.1. The van der Waals surface area contributed by atoms with Gasteiger partial charge in [-0.25, -0.2) is 9.18 Å². The van der Waals surface area contributed by atoms with Gasteiger partial charge < -0.3 is 21.4 Å². The fourth-order valence-corrected chi connectivity index (χ4v) is 7.31. The van der Waals surface area contributed by atoms with Crippen LogP contribution in [-0.2, 0) is 6.42 Å². The summed E-state index contributed by atoms with van der Waals surface area (Å²) in [4.78, 5) is 24.9. The van der Waals surface area contributed by atoms with Crippen LogP contribution in [0, 0.1) is 5.82 Å². The number of aliphatic imine (C=N–C) groups is 1. The lowest BCUT2D eigenvalue weighted by Gasteiger charge is -2.31. The van der Waals surface area contributed by atoms with E-state index in [1.807, 2.05) is 43.0 Å². The molecule has 11 heteroatoms. The Morgan fingerprint density at radius 3 is 2.82 bits per heavy atom. The van der Waals surface area contributed by atoms with Gasteiger partial charge in [-0.2, -0.15) is 4.98 Å². The number of aryl methyl sites for hydroxylation is 1. The molecule has 0 amide bonds. The molecule has 8 nitrogen and oxygen atoms in total. The Labute approximate surface area is 266 Å². The molecule has 2 aliphatic heterocycles. The Morgan fingerprint density at radius 2 is 2.05 bits per heavy atom. The molecule has 4 aromatic rings. The van der Waals surface area contributed by atoms with Crippen molar-refractivity contribution < 1.29 is 4.39 Å². The first-order valence-corrected chi connectivity index (χ1v) is 16.8. The molecule has 1 fully saturated rings. The predicted molar refractivity (Wildman–Crippen MR) is 180 cm³/mol. The van der Waals surface area contributed by atoms with Crippen LogP contribution in [0.1, 0.15) is 62.6 Å². The molecule has 1 unspecified atom stereocenters. The summed E-state index contributed by atoms with van der Waals surface area (Å²) in [6, 6.07) is 14.3. The van der Waals surface area contributed by atoms with E-state index >= 15 is 4.39 Å². The lowest BCUT2D eigenvalue weighted by molar-refractivity contribution is 0.320. The molecule has 232 valence electrons. The molecule has 44 heavy (non-hydrogen) atoms. The number of aromatic nitrogens is 3. The highest BCUT2D eigenvalue weighted by Crippen LogP contribution is 2.32. The second-order valence-electron chi connectivity index (χ2n) is 11.9. The van der Waals surface area contributed by atoms with E-state index in [0.717, 1.165) is 67.4 Å². The number of halogens is 2. The van der Waals surface area contributed by atoms with Crippen LogP contribution in [-0.4, -0.2) is 50.6 Å². The molecule has 0 saturated carbocycles. The number of hydrogen-bond donors (Lipinski definition) is 4. The average molecular weight is 636 g/mol. The second kappa shape index (κ2) is 13.9. The topological polar surface area (TPSA) is 113 Å². The number of hydrogen-bond acceptors (Lipinski definition) is 7. The van der Waals surface area contributed by atoms with E-state index in [1.165, 1.54) is 23.0 Å². The zero-order valence-corrected chi connectivity index (χ0v) is 26.5. The van der Waals surface area contributed by atoms with Gasteiger partial charge >= 0.3 is 5.69 Å². The number of piperidine rings is 1. The summed E-state index contributed by atoms with van der Waals surface area (Å²) in [5.41, 5.74) is 9.65. The molecule has 5 N–H and O–H groups in total. The maximum Gasteiger partial charge on any atom is 0.354 e. The van der Waals surface area contributed by atoms with Crippen molar-refractivity contribution in [2.75, 3.05) is 18.8 Å². The number of nitrogens with zero attached hydrogens (tertiary/aromatic N) is 3. The molecule has 0 radical (unpaired) electrons. The van der Waals surface area contributed by atoms with Crippen molar-refractivity contribution in [1.29, 1.82) is 0 Å². The third kappa shape index (κ3) is 7.20. The number of aromatic amines is 1. The Kier molecular flexibility index (Phi) is 9.71. The van der Waals surface area contributed by atoms with Gasteiger partial charge in [-0.1, -0.05) is 41.9 Å². The molecule has 0 spiro atoms. The minimum absolute atomic E-state index is 0.0681. The van der Waals surface area contributed by atoms with Crippen LogP contribution in [0.4, 0.5) is 4.39 Å². The Bertz CT molecular complexity index is 1700. The van der Waals surface area contributed by atoms with Crippen molar-refractivity contribution in [2.45, 2.75) is 70.0 Å². The molecule has 4 heterocycles. The Hall–Kier alpha value is -3.18. The molecule has 2 aromatic carbocycles. The number of H-pyrrole nitrogens is 1. The van der Waals surface area contributed by atoms with Crippen LogP contribution < -0.4 is 22.1 Å². The van der Waals surface area contributed by atoms with E-state index in [-0.39, 0.29) is 17.1 Å². The summed E-state index contributed by atoms with van der Waals surface area (Å²) in [5, 5.41) is 9.00. The molecular formula is C33H39ClFN7OS. The highest BCUT2D eigenvalue weighted by molar-refractivity contribution is 8.13. The van der Waals surface area contributed by atoms with Crippen molar-refractivity contribution in [1.82, 2.24) is 25.2 Å². The molecule has 0 bridgehead atoms. The van der Waals surface area contributed by atoms with Crippen molar-refractivity contribution in [3.05, 3.63) is 81.1 Å². The quantitative estimate of drug-likeness (QED) is 0.167. The van der Waals surface area contributed by atoms with Gasteiger partial charge in [-0.05, 0) is 86.9 Å². The van der Waals surface area contributed by atoms with E-state index < -0.39 is 11.5 Å². The maximum atomic E-state index is 15.1. The number of nitrogens with one attached hydrogen (secondary N) is 3. The number of rotatable bonds is 10. The van der Waals surface area contributed by atoms with Gasteiger partial charge in [0.15, 0.2) is 11.0 Å². The van der Waals surface area contributed by atoms with E-state index in [9.17, 15) is 4.79 Å². The van der Waals surface area contributed by atoms with Crippen LogP contribution in [0.5, 0.6) is 0 Å².